The zero-order valence-electron chi connectivity index (χ0n) is 21.9. The lowest BCUT2D eigenvalue weighted by Gasteiger charge is -2.44. The molecule has 1 fully saturated rings. The number of primary sulfonamides is 1. The first-order valence-electron chi connectivity index (χ1n) is 11.7. The molecule has 5 atom stereocenters. The van der Waals surface area contributed by atoms with Crippen molar-refractivity contribution >= 4 is 55.5 Å². The van der Waals surface area contributed by atoms with E-state index in [9.17, 15) is 27.6 Å². The van der Waals surface area contributed by atoms with Crippen molar-refractivity contribution in [3.05, 3.63) is 18.2 Å². The molecule has 1 aliphatic heterocycles. The highest BCUT2D eigenvalue weighted by molar-refractivity contribution is 7.91. The van der Waals surface area contributed by atoms with Gasteiger partial charge in [-0.15, -0.1) is 11.3 Å². The Labute approximate surface area is 232 Å². The second kappa shape index (κ2) is 13.3. The summed E-state index contributed by atoms with van der Waals surface area (Å²) in [7, 11) is -4.01. The summed E-state index contributed by atoms with van der Waals surface area (Å²) in [5.41, 5.74) is 0.281. The van der Waals surface area contributed by atoms with E-state index < -0.39 is 71.2 Å². The van der Waals surface area contributed by atoms with Crippen LogP contribution in [-0.2, 0) is 57.6 Å². The number of sulfonamides is 1. The molecule has 0 unspecified atom stereocenters. The molecule has 40 heavy (non-hydrogen) atoms. The van der Waals surface area contributed by atoms with Gasteiger partial charge in [0.15, 0.2) is 24.6 Å². The first-order valence-corrected chi connectivity index (χ1v) is 14.1. The minimum Gasteiger partial charge on any atom is -0.489 e. The molecule has 0 amide bonds. The maximum atomic E-state index is 11.9. The van der Waals surface area contributed by atoms with Crippen molar-refractivity contribution in [2.75, 3.05) is 19.8 Å². The molecule has 1 aromatic heterocycles. The summed E-state index contributed by atoms with van der Waals surface area (Å²) in [6.45, 7) is 3.83. The second-order valence-electron chi connectivity index (χ2n) is 8.41. The van der Waals surface area contributed by atoms with E-state index in [4.69, 9.17) is 38.3 Å². The van der Waals surface area contributed by atoms with E-state index in [2.05, 4.69) is 4.98 Å². The monoisotopic (exact) mass is 604 g/mol. The Hall–Kier alpha value is -3.38. The van der Waals surface area contributed by atoms with Crippen molar-refractivity contribution in [2.45, 2.75) is 62.7 Å². The zero-order chi connectivity index (χ0) is 29.6. The fraction of sp³-hybridized carbons (Fsp3) is 0.522. The second-order valence-corrected chi connectivity index (χ2v) is 11.2. The average molecular weight is 605 g/mol. The molecule has 2 aromatic rings. The number of nitrogens with two attached hydrogens (primary N) is 1. The molecule has 1 aliphatic rings. The Morgan fingerprint density at radius 1 is 0.925 bits per heavy atom. The number of ether oxygens (including phenoxy) is 7. The predicted octanol–water partition coefficient (Wildman–Crippen LogP) is 0.422. The molecule has 0 aliphatic carbocycles. The number of thiazole rings is 1. The maximum absolute atomic E-state index is 11.9. The minimum atomic E-state index is -4.01. The van der Waals surface area contributed by atoms with E-state index in [-0.39, 0.29) is 28.8 Å². The van der Waals surface area contributed by atoms with Crippen molar-refractivity contribution in [3.63, 3.8) is 0 Å². The fourth-order valence-corrected chi connectivity index (χ4v) is 5.45. The molecule has 0 radical (unpaired) electrons. The number of esters is 4. The van der Waals surface area contributed by atoms with Crippen LogP contribution in [0, 0.1) is 0 Å². The van der Waals surface area contributed by atoms with E-state index in [0.717, 1.165) is 39.0 Å². The van der Waals surface area contributed by atoms with E-state index >= 15 is 0 Å². The van der Waals surface area contributed by atoms with Gasteiger partial charge in [0.25, 0.3) is 10.0 Å². The summed E-state index contributed by atoms with van der Waals surface area (Å²) >= 11 is 0.885. The van der Waals surface area contributed by atoms with Crippen LogP contribution in [0.25, 0.3) is 10.2 Å². The van der Waals surface area contributed by atoms with Gasteiger partial charge >= 0.3 is 23.9 Å². The predicted molar refractivity (Wildman–Crippen MR) is 134 cm³/mol. The third kappa shape index (κ3) is 8.31. The summed E-state index contributed by atoms with van der Waals surface area (Å²) in [6.07, 6.45) is -6.58. The molecule has 0 spiro atoms. The van der Waals surface area contributed by atoms with Gasteiger partial charge in [-0.3, -0.25) is 19.2 Å². The zero-order valence-corrected chi connectivity index (χ0v) is 23.5. The van der Waals surface area contributed by atoms with Crippen LogP contribution in [0.2, 0.25) is 0 Å². The summed E-state index contributed by atoms with van der Waals surface area (Å²) in [5.74, 6) is -2.69. The van der Waals surface area contributed by atoms with E-state index in [1.54, 1.807) is 18.2 Å². The number of hydrogen-bond acceptors (Lipinski definition) is 15. The third-order valence-corrected chi connectivity index (χ3v) is 7.52. The van der Waals surface area contributed by atoms with Crippen molar-refractivity contribution in [2.24, 2.45) is 5.14 Å². The van der Waals surface area contributed by atoms with Gasteiger partial charge in [-0.05, 0) is 12.1 Å². The van der Waals surface area contributed by atoms with Crippen LogP contribution in [0.1, 0.15) is 27.7 Å². The van der Waals surface area contributed by atoms with E-state index in [1.165, 1.54) is 0 Å². The summed E-state index contributed by atoms with van der Waals surface area (Å²) < 4.78 is 61.9. The van der Waals surface area contributed by atoms with Crippen molar-refractivity contribution in [1.29, 1.82) is 0 Å². The Balaban J connectivity index is 1.79. The normalized spacial score (nSPS) is 22.8. The smallest absolute Gasteiger partial charge is 0.303 e. The highest BCUT2D eigenvalue weighted by Gasteiger charge is 2.52. The molecule has 3 rings (SSSR count). The molecular weight excluding hydrogens is 576 g/mol. The first kappa shape index (κ1) is 31.2. The topological polar surface area (TPSA) is 206 Å². The van der Waals surface area contributed by atoms with Crippen molar-refractivity contribution in [1.82, 2.24) is 4.98 Å². The Bertz CT molecular complexity index is 1360. The molecule has 2 heterocycles. The lowest BCUT2D eigenvalue weighted by atomic mass is 9.98. The molecule has 0 saturated carbocycles. The van der Waals surface area contributed by atoms with Gasteiger partial charge in [-0.1, -0.05) is 6.07 Å². The lowest BCUT2D eigenvalue weighted by Crippen LogP contribution is -2.63. The van der Waals surface area contributed by atoms with Gasteiger partial charge in [0.2, 0.25) is 4.34 Å². The van der Waals surface area contributed by atoms with Crippen LogP contribution in [-0.4, -0.2) is 87.8 Å². The van der Waals surface area contributed by atoms with Crippen LogP contribution in [0.3, 0.4) is 0 Å². The number of nitrogens with zero attached hydrogens (tertiary/aromatic N) is 1. The van der Waals surface area contributed by atoms with Gasteiger partial charge in [0, 0.05) is 27.7 Å². The molecular formula is C23H28N2O13S2. The summed E-state index contributed by atoms with van der Waals surface area (Å²) in [5, 5.41) is 5.17. The molecule has 1 saturated heterocycles. The van der Waals surface area contributed by atoms with Crippen LogP contribution in [0.5, 0.6) is 5.75 Å². The number of hydrogen-bond donors (Lipinski definition) is 1. The van der Waals surface area contributed by atoms with Crippen LogP contribution >= 0.6 is 11.3 Å². The van der Waals surface area contributed by atoms with Crippen LogP contribution < -0.4 is 9.88 Å². The third-order valence-electron chi connectivity index (χ3n) is 5.18. The number of carbonyl (C=O) groups excluding carboxylic acids is 4. The van der Waals surface area contributed by atoms with Gasteiger partial charge in [0.1, 0.15) is 30.6 Å². The molecule has 0 bridgehead atoms. The van der Waals surface area contributed by atoms with Crippen LogP contribution in [0.15, 0.2) is 22.5 Å². The van der Waals surface area contributed by atoms with E-state index in [0.29, 0.717) is 4.70 Å². The first-order chi connectivity index (χ1) is 18.8. The molecule has 17 heteroatoms. The maximum Gasteiger partial charge on any atom is 0.303 e. The highest BCUT2D eigenvalue weighted by atomic mass is 32.2. The number of rotatable bonds is 11. The number of aromatic nitrogens is 1. The quantitative estimate of drug-likeness (QED) is 0.210. The standard InChI is InChI=1S/C23H28N2O13S2/c1-11(26)34-10-16-19(35-12(2)27)20(36-13(3)28)21(37-14(4)29)22(38-16)33-9-8-32-15-6-5-7-17-18(15)25-23(39-17)40(24,30)31/h5-7,16,19-22H,8-10H2,1-4H3,(H2,24,30,31)/t16-,19-,20+,21-,22-/m1/s1. The number of fused-ring (bicyclic) bond motifs is 1. The van der Waals surface area contributed by atoms with Crippen molar-refractivity contribution < 1.29 is 60.8 Å². The SMILES string of the molecule is CC(=O)OC[C@H]1O[C@@H](OCCOc2cccc3sc(S(N)(=O)=O)nc23)[C@H](OC(C)=O)[C@@H](OC(C)=O)[C@@H]1OC(C)=O. The molecule has 1 aromatic carbocycles. The largest absolute Gasteiger partial charge is 0.489 e. The number of benzene rings is 1. The number of para-hydroxylation sites is 1. The lowest BCUT2D eigenvalue weighted by molar-refractivity contribution is -0.308. The molecule has 15 nitrogen and oxygen atoms in total. The average Bonchev–Trinajstić information content (AvgIpc) is 3.29. The number of carbonyl (C=O) groups is 4. The van der Waals surface area contributed by atoms with Crippen LogP contribution in [0.4, 0.5) is 0 Å². The van der Waals surface area contributed by atoms with E-state index in [1.807, 2.05) is 0 Å². The minimum absolute atomic E-state index is 0.103. The molecule has 220 valence electrons. The summed E-state index contributed by atoms with van der Waals surface area (Å²) in [6, 6.07) is 4.87. The van der Waals surface area contributed by atoms with Gasteiger partial charge < -0.3 is 33.2 Å². The molecule has 2 N–H and O–H groups in total. The van der Waals surface area contributed by atoms with Gasteiger partial charge in [-0.25, -0.2) is 18.5 Å². The fourth-order valence-electron chi connectivity index (χ4n) is 3.78. The summed E-state index contributed by atoms with van der Waals surface area (Å²) in [4.78, 5) is 51.1. The Kier molecular flexibility index (Phi) is 10.4. The highest BCUT2D eigenvalue weighted by Crippen LogP contribution is 2.32. The van der Waals surface area contributed by atoms with Gasteiger partial charge in [0.05, 0.1) is 11.3 Å². The Morgan fingerprint density at radius 2 is 1.55 bits per heavy atom. The Morgan fingerprint density at radius 3 is 2.15 bits per heavy atom. The van der Waals surface area contributed by atoms with Gasteiger partial charge in [-0.2, -0.15) is 0 Å². The van der Waals surface area contributed by atoms with Crippen molar-refractivity contribution in [3.8, 4) is 5.75 Å².